The molecule has 0 aromatic heterocycles. The Morgan fingerprint density at radius 1 is 1.24 bits per heavy atom. The van der Waals surface area contributed by atoms with E-state index in [0.29, 0.717) is 12.3 Å². The Bertz CT molecular complexity index is 447. The second kappa shape index (κ2) is 7.81. The van der Waals surface area contributed by atoms with E-state index in [2.05, 4.69) is 55.7 Å². The fraction of sp³-hybridized carbons (Fsp3) is 0.588. The molecule has 1 fully saturated rings. The van der Waals surface area contributed by atoms with Gasteiger partial charge < -0.3 is 10.6 Å². The van der Waals surface area contributed by atoms with Crippen molar-refractivity contribution in [3.05, 3.63) is 35.4 Å². The van der Waals surface area contributed by atoms with Crippen LogP contribution in [0.1, 0.15) is 38.3 Å². The van der Waals surface area contributed by atoms with Crippen LogP contribution in [-0.2, 0) is 16.6 Å². The molecule has 1 aromatic rings. The second-order valence-electron chi connectivity index (χ2n) is 6.78. The van der Waals surface area contributed by atoms with Crippen molar-refractivity contribution in [3.8, 4) is 0 Å². The van der Waals surface area contributed by atoms with Gasteiger partial charge >= 0.3 is 0 Å². The lowest BCUT2D eigenvalue weighted by molar-refractivity contribution is -0.121. The standard InChI is InChI=1S/C17H26N2O.ClH/c1-17(2,3)15-7-4-13(5-8-15)6-9-16(20)19-12-14-10-18-11-14;/h4-5,7-8,14,18H,6,9-12H2,1-3H3,(H,19,20);1H. The summed E-state index contributed by atoms with van der Waals surface area (Å²) < 4.78 is 0. The number of hydrogen-bond acceptors (Lipinski definition) is 2. The van der Waals surface area contributed by atoms with Crippen LogP contribution in [0, 0.1) is 5.92 Å². The first-order chi connectivity index (χ1) is 9.45. The van der Waals surface area contributed by atoms with Crippen molar-refractivity contribution in [2.45, 2.75) is 39.0 Å². The third-order valence-electron chi connectivity index (χ3n) is 3.91. The van der Waals surface area contributed by atoms with Crippen molar-refractivity contribution >= 4 is 18.3 Å². The molecule has 118 valence electrons. The minimum atomic E-state index is 0. The molecular weight excluding hydrogens is 284 g/mol. The molecule has 1 aliphatic rings. The van der Waals surface area contributed by atoms with Gasteiger partial charge in [0.25, 0.3) is 0 Å². The van der Waals surface area contributed by atoms with Crippen LogP contribution < -0.4 is 10.6 Å². The Labute approximate surface area is 134 Å². The van der Waals surface area contributed by atoms with Crippen molar-refractivity contribution in [1.82, 2.24) is 10.6 Å². The molecule has 1 aromatic carbocycles. The van der Waals surface area contributed by atoms with Crippen LogP contribution in [0.2, 0.25) is 0 Å². The number of nitrogens with one attached hydrogen (secondary N) is 2. The molecule has 0 spiro atoms. The highest BCUT2D eigenvalue weighted by Crippen LogP contribution is 2.22. The van der Waals surface area contributed by atoms with E-state index < -0.39 is 0 Å². The highest BCUT2D eigenvalue weighted by atomic mass is 35.5. The molecule has 0 atom stereocenters. The predicted molar refractivity (Wildman–Crippen MR) is 90.1 cm³/mol. The smallest absolute Gasteiger partial charge is 0.220 e. The zero-order chi connectivity index (χ0) is 14.6. The first kappa shape index (κ1) is 18.0. The largest absolute Gasteiger partial charge is 0.356 e. The normalized spacial score (nSPS) is 15.0. The van der Waals surface area contributed by atoms with Crippen molar-refractivity contribution in [1.29, 1.82) is 0 Å². The van der Waals surface area contributed by atoms with Gasteiger partial charge in [-0.2, -0.15) is 0 Å². The van der Waals surface area contributed by atoms with Gasteiger partial charge in [-0.1, -0.05) is 45.0 Å². The van der Waals surface area contributed by atoms with Crippen molar-refractivity contribution < 1.29 is 4.79 Å². The quantitative estimate of drug-likeness (QED) is 0.878. The average molecular weight is 311 g/mol. The van der Waals surface area contributed by atoms with Gasteiger partial charge in [0.05, 0.1) is 0 Å². The lowest BCUT2D eigenvalue weighted by Gasteiger charge is -2.27. The minimum absolute atomic E-state index is 0. The Kier molecular flexibility index (Phi) is 6.69. The van der Waals surface area contributed by atoms with Gasteiger partial charge in [-0.05, 0) is 23.0 Å². The van der Waals surface area contributed by atoms with Crippen LogP contribution in [0.15, 0.2) is 24.3 Å². The van der Waals surface area contributed by atoms with E-state index in [-0.39, 0.29) is 23.7 Å². The van der Waals surface area contributed by atoms with Crippen LogP contribution in [0.4, 0.5) is 0 Å². The highest BCUT2D eigenvalue weighted by Gasteiger charge is 2.17. The number of aryl methyl sites for hydroxylation is 1. The van der Waals surface area contributed by atoms with Crippen molar-refractivity contribution in [2.24, 2.45) is 5.92 Å². The molecule has 1 aliphatic heterocycles. The van der Waals surface area contributed by atoms with E-state index in [1.165, 1.54) is 11.1 Å². The molecule has 0 saturated carbocycles. The van der Waals surface area contributed by atoms with Gasteiger partial charge in [-0.25, -0.2) is 0 Å². The molecule has 4 heteroatoms. The van der Waals surface area contributed by atoms with E-state index >= 15 is 0 Å². The van der Waals surface area contributed by atoms with E-state index in [1.807, 2.05) is 0 Å². The Hall–Kier alpha value is -1.06. The first-order valence-corrected chi connectivity index (χ1v) is 7.52. The van der Waals surface area contributed by atoms with Gasteiger partial charge in [0.1, 0.15) is 0 Å². The third-order valence-corrected chi connectivity index (χ3v) is 3.91. The number of halogens is 1. The zero-order valence-corrected chi connectivity index (χ0v) is 14.1. The molecule has 0 aliphatic carbocycles. The van der Waals surface area contributed by atoms with Crippen LogP contribution in [0.5, 0.6) is 0 Å². The number of rotatable bonds is 5. The Balaban J connectivity index is 0.00000220. The van der Waals surface area contributed by atoms with E-state index in [0.717, 1.165) is 26.1 Å². The summed E-state index contributed by atoms with van der Waals surface area (Å²) in [6.45, 7) is 9.53. The summed E-state index contributed by atoms with van der Waals surface area (Å²) >= 11 is 0. The monoisotopic (exact) mass is 310 g/mol. The lowest BCUT2D eigenvalue weighted by Crippen LogP contribution is -2.48. The highest BCUT2D eigenvalue weighted by molar-refractivity contribution is 5.85. The summed E-state index contributed by atoms with van der Waals surface area (Å²) in [5, 5.41) is 6.22. The van der Waals surface area contributed by atoms with Crippen molar-refractivity contribution in [3.63, 3.8) is 0 Å². The first-order valence-electron chi connectivity index (χ1n) is 7.52. The topological polar surface area (TPSA) is 41.1 Å². The third kappa shape index (κ3) is 5.68. The molecule has 3 nitrogen and oxygen atoms in total. The number of carbonyl (C=O) groups excluding carboxylic acids is 1. The van der Waals surface area contributed by atoms with Crippen LogP contribution >= 0.6 is 12.4 Å². The van der Waals surface area contributed by atoms with E-state index in [9.17, 15) is 4.79 Å². The van der Waals surface area contributed by atoms with E-state index in [4.69, 9.17) is 0 Å². The van der Waals surface area contributed by atoms with Gasteiger partial charge in [-0.15, -0.1) is 12.4 Å². The lowest BCUT2D eigenvalue weighted by atomic mass is 9.86. The molecule has 2 N–H and O–H groups in total. The Morgan fingerprint density at radius 2 is 1.86 bits per heavy atom. The fourth-order valence-electron chi connectivity index (χ4n) is 2.27. The number of hydrogen-bond donors (Lipinski definition) is 2. The molecule has 1 heterocycles. The summed E-state index contributed by atoms with van der Waals surface area (Å²) in [4.78, 5) is 11.8. The SMILES string of the molecule is CC(C)(C)c1ccc(CCC(=O)NCC2CNC2)cc1.Cl. The molecule has 0 radical (unpaired) electrons. The second-order valence-corrected chi connectivity index (χ2v) is 6.78. The minimum Gasteiger partial charge on any atom is -0.356 e. The molecule has 1 amide bonds. The van der Waals surface area contributed by atoms with Gasteiger partial charge in [0, 0.05) is 32.0 Å². The zero-order valence-electron chi connectivity index (χ0n) is 13.2. The summed E-state index contributed by atoms with van der Waals surface area (Å²) in [7, 11) is 0. The summed E-state index contributed by atoms with van der Waals surface area (Å²) in [5.74, 6) is 0.793. The maximum atomic E-state index is 11.8. The van der Waals surface area contributed by atoms with Gasteiger partial charge in [0.2, 0.25) is 5.91 Å². The molecular formula is C17H27ClN2O. The number of benzene rings is 1. The van der Waals surface area contributed by atoms with Crippen LogP contribution in [0.25, 0.3) is 0 Å². The molecule has 2 rings (SSSR count). The fourth-order valence-corrected chi connectivity index (χ4v) is 2.27. The summed E-state index contributed by atoms with van der Waals surface area (Å²) in [6, 6.07) is 8.63. The van der Waals surface area contributed by atoms with Gasteiger partial charge in [0.15, 0.2) is 0 Å². The average Bonchev–Trinajstić information content (AvgIpc) is 2.34. The van der Waals surface area contributed by atoms with Crippen LogP contribution in [0.3, 0.4) is 0 Å². The maximum absolute atomic E-state index is 11.8. The van der Waals surface area contributed by atoms with E-state index in [1.54, 1.807) is 0 Å². The predicted octanol–water partition coefficient (Wildman–Crippen LogP) is 2.67. The van der Waals surface area contributed by atoms with Crippen molar-refractivity contribution in [2.75, 3.05) is 19.6 Å². The molecule has 21 heavy (non-hydrogen) atoms. The summed E-state index contributed by atoms with van der Waals surface area (Å²) in [5.41, 5.74) is 2.76. The molecule has 0 bridgehead atoms. The summed E-state index contributed by atoms with van der Waals surface area (Å²) in [6.07, 6.45) is 1.40. The molecule has 0 unspecified atom stereocenters. The van der Waals surface area contributed by atoms with Gasteiger partial charge in [-0.3, -0.25) is 4.79 Å². The molecule has 1 saturated heterocycles. The Morgan fingerprint density at radius 3 is 2.33 bits per heavy atom. The van der Waals surface area contributed by atoms with Crippen LogP contribution in [-0.4, -0.2) is 25.5 Å². The maximum Gasteiger partial charge on any atom is 0.220 e. The number of amides is 1. The number of carbonyl (C=O) groups is 1.